The van der Waals surface area contributed by atoms with Crippen LogP contribution in [-0.2, 0) is 81.5 Å². The first kappa shape index (κ1) is 125. The molecule has 5 fully saturated rings. The maximum Gasteiger partial charge on any atom is 0.326 e. The van der Waals surface area contributed by atoms with Gasteiger partial charge in [-0.05, 0) is 192 Å². The van der Waals surface area contributed by atoms with Crippen molar-refractivity contribution in [2.45, 2.75) is 317 Å². The fraction of sp³-hybridized carbons (Fsp3) is 0.722. The van der Waals surface area contributed by atoms with Crippen molar-refractivity contribution in [2.24, 2.45) is 63.4 Å². The molecule has 0 spiro atoms. The zero-order chi connectivity index (χ0) is 111. The number of guanidine groups is 8. The predicted octanol–water partition coefficient (Wildman–Crippen LogP) is -9.74. The summed E-state index contributed by atoms with van der Waals surface area (Å²) in [7, 11) is 0. The van der Waals surface area contributed by atoms with Crippen molar-refractivity contribution >= 4 is 148 Å². The first-order valence-corrected chi connectivity index (χ1v) is 51.0. The van der Waals surface area contributed by atoms with Crippen molar-refractivity contribution in [3.05, 3.63) is 0 Å². The van der Waals surface area contributed by atoms with Crippen molar-refractivity contribution in [2.75, 3.05) is 85.1 Å². The van der Waals surface area contributed by atoms with E-state index >= 15 is 33.6 Å². The largest absolute Gasteiger partial charge is 0.481 e. The number of amides is 15. The Kier molecular flexibility index (Phi) is 53.7. The second-order valence-electron chi connectivity index (χ2n) is 38.2. The molecule has 5 rings (SSSR count). The number of carbonyl (C=O) groups excluding carboxylic acids is 15. The summed E-state index contributed by atoms with van der Waals surface area (Å²) in [6.45, 7) is 7.43. The number of nitrogens with two attached hydrogens (primary N) is 9. The maximum atomic E-state index is 15.3. The molecule has 59 heteroatoms. The summed E-state index contributed by atoms with van der Waals surface area (Å²) in [6, 6.07) is -21.9. The van der Waals surface area contributed by atoms with Crippen LogP contribution in [0.3, 0.4) is 0 Å². The van der Waals surface area contributed by atoms with Crippen LogP contribution in [0.2, 0.25) is 0 Å². The molecule has 0 aromatic heterocycles. The highest BCUT2D eigenvalue weighted by atomic mass is 16.4. The minimum absolute atomic E-state index is 0.00524. The number of hydrogen-bond donors (Lipinski definition) is 37. The van der Waals surface area contributed by atoms with Crippen LogP contribution in [0, 0.1) is 55.1 Å². The van der Waals surface area contributed by atoms with Crippen LogP contribution >= 0.6 is 0 Å². The van der Waals surface area contributed by atoms with Crippen molar-refractivity contribution < 1.29 is 91.7 Å². The molecule has 46 N–H and O–H groups in total. The molecule has 0 radical (unpaired) electrons. The van der Waals surface area contributed by atoms with Gasteiger partial charge in [0.15, 0.2) is 47.7 Å². The van der Waals surface area contributed by atoms with E-state index in [0.29, 0.717) is 12.8 Å². The normalized spacial score (nSPS) is 18.6. The molecule has 836 valence electrons. The molecule has 5 aliphatic heterocycles. The Morgan fingerprint density at radius 3 is 0.866 bits per heavy atom. The van der Waals surface area contributed by atoms with Gasteiger partial charge in [0.25, 0.3) is 0 Å². The van der Waals surface area contributed by atoms with E-state index in [4.69, 9.17) is 94.9 Å². The van der Waals surface area contributed by atoms with Crippen LogP contribution in [0.25, 0.3) is 0 Å². The molecule has 5 aliphatic rings. The zero-order valence-electron chi connectivity index (χ0n) is 85.6. The maximum absolute atomic E-state index is 15.3. The zero-order valence-corrected chi connectivity index (χ0v) is 85.6. The van der Waals surface area contributed by atoms with Crippen LogP contribution < -0.4 is 147 Å². The number of carbonyl (C=O) groups is 17. The second-order valence-corrected chi connectivity index (χ2v) is 38.2. The quantitative estimate of drug-likeness (QED) is 0.0153. The fourth-order valence-corrected chi connectivity index (χ4v) is 18.3. The number of nitrogens with one attached hydrogen (secondary N) is 26. The van der Waals surface area contributed by atoms with E-state index in [1.165, 1.54) is 24.5 Å². The first-order valence-electron chi connectivity index (χ1n) is 51.0. The molecule has 15 amide bonds. The lowest BCUT2D eigenvalue weighted by atomic mass is 9.96. The fourth-order valence-electron chi connectivity index (χ4n) is 18.3. The average molecular weight is 2110 g/mol. The molecule has 5 saturated heterocycles. The average Bonchev–Trinajstić information content (AvgIpc) is 1.66. The Balaban J connectivity index is 1.39. The molecular weight excluding hydrogens is 1950 g/mol. The molecule has 149 heavy (non-hydrogen) atoms. The standard InChI is InChI=1S/C90H162N40O19/c1-5-49(4)66(125-71(137)53(22-9-37-111-86(98)99)116-67(133)50(91)19-6-34-108-83(92)93)76(142)119-52(21-8-36-110-85(96)97)68(134)117-54(32-33-65(131)132)70(136)120-55(23-10-38-112-87(100)101)79(145)130-46-18-31-64(130)81(147)129-45-17-30-63(129)72(138)118-51(20-7-35-109-84(94)95)69(135)124-59(47-48(2)3)80(146)128-44-16-28-61(128)74(140)122-56(24-11-39-113-88(102)103)77(143)126-42-14-27-60(126)73(139)121-57(25-12-40-114-89(104)105)78(144)127-43-15-29-62(127)75(141)123-58(82(148)149)26-13-41-115-90(106)107/h48-64,66H,5-47,91H2,1-4H3,(H,116,133)(H,117,134)(H,118,138)(H,119,142)(H,120,136)(H,121,139)(H,122,140)(H,123,141)(H,124,135)(H,125,137)(H,131,132)(H,148,149)(H4,92,93,108)(H4,94,95,109)(H4,96,97,110)(H4,98,99,111)(H4,100,101,112)(H4,102,103,113)(H4,104,105,114)(H4,106,107,115)/t49-,50-,51-,52-,53-,54-,55-,56-,57-,58-,59-,60-,61-,62-,63-,64-,66-/m0/s1. The SMILES string of the molecule is CC[C@H](C)[C@H](NC(=O)[C@H](CCCNC(=N)N)NC(=O)[C@@H](N)CCCNC(=N)N)C(=O)N[C@@H](CCCNC(=N)N)C(=O)N[C@@H](CCC(=O)O)C(=O)N[C@@H](CCCNC(=N)N)C(=O)N1CCC[C@H]1C(=O)N1CCC[C@H]1C(=O)N[C@@H](CCCNC(=N)N)C(=O)N[C@@H](CC(C)C)C(=O)N1CCC[C@H]1C(=O)N[C@@H](CCCNC(=N)N)C(=O)N1CCC[C@H]1C(=O)N[C@@H](CCCNC(=N)N)C(=O)N1CCC[C@H]1C(=O)N[C@@H](CCCNC(=N)N)C(=O)O. The molecule has 0 bridgehead atoms. The minimum atomic E-state index is -1.78. The van der Waals surface area contributed by atoms with Gasteiger partial charge >= 0.3 is 11.9 Å². The number of rotatable bonds is 65. The highest BCUT2D eigenvalue weighted by Gasteiger charge is 2.49. The van der Waals surface area contributed by atoms with Gasteiger partial charge < -0.3 is 182 Å². The van der Waals surface area contributed by atoms with Gasteiger partial charge in [-0.25, -0.2) is 4.79 Å². The molecule has 17 atom stereocenters. The van der Waals surface area contributed by atoms with Crippen molar-refractivity contribution in [1.29, 1.82) is 43.3 Å². The van der Waals surface area contributed by atoms with Gasteiger partial charge in [0.2, 0.25) is 88.6 Å². The Morgan fingerprint density at radius 1 is 0.295 bits per heavy atom. The number of likely N-dealkylation sites (tertiary alicyclic amines) is 5. The second kappa shape index (κ2) is 64.3. The smallest absolute Gasteiger partial charge is 0.326 e. The minimum Gasteiger partial charge on any atom is -0.481 e. The summed E-state index contributed by atoms with van der Waals surface area (Å²) in [5.41, 5.74) is 50.4. The van der Waals surface area contributed by atoms with E-state index in [0.717, 1.165) is 0 Å². The van der Waals surface area contributed by atoms with E-state index in [1.807, 2.05) is 0 Å². The molecule has 0 aromatic carbocycles. The van der Waals surface area contributed by atoms with E-state index in [2.05, 4.69) is 95.7 Å². The third kappa shape index (κ3) is 43.2. The van der Waals surface area contributed by atoms with Crippen LogP contribution in [0.4, 0.5) is 0 Å². The summed E-state index contributed by atoms with van der Waals surface area (Å²) in [5.74, 6) is -19.0. The molecule has 0 saturated carbocycles. The van der Waals surface area contributed by atoms with E-state index in [1.54, 1.807) is 27.7 Å². The number of hydrogen-bond acceptors (Lipinski definition) is 26. The third-order valence-electron chi connectivity index (χ3n) is 26.2. The van der Waals surface area contributed by atoms with Gasteiger partial charge in [0.1, 0.15) is 90.6 Å². The number of aliphatic carboxylic acids is 2. The molecule has 0 aromatic rings. The lowest BCUT2D eigenvalue weighted by Crippen LogP contribution is -2.61. The first-order chi connectivity index (χ1) is 70.5. The Bertz CT molecular complexity index is 4650. The van der Waals surface area contributed by atoms with Gasteiger partial charge in [-0.3, -0.25) is 120 Å². The Labute approximate surface area is 865 Å². The molecule has 5 heterocycles. The van der Waals surface area contributed by atoms with Gasteiger partial charge in [-0.2, -0.15) is 0 Å². The number of nitrogens with zero attached hydrogens (tertiary/aromatic N) is 5. The van der Waals surface area contributed by atoms with Gasteiger partial charge in [0.05, 0.1) is 6.04 Å². The van der Waals surface area contributed by atoms with Crippen molar-refractivity contribution in [3.8, 4) is 0 Å². The van der Waals surface area contributed by atoms with Gasteiger partial charge in [-0.15, -0.1) is 0 Å². The Morgan fingerprint density at radius 2 is 0.537 bits per heavy atom. The van der Waals surface area contributed by atoms with Crippen LogP contribution in [0.5, 0.6) is 0 Å². The van der Waals surface area contributed by atoms with Crippen LogP contribution in [-0.4, -0.2) is 365 Å². The van der Waals surface area contributed by atoms with Crippen molar-refractivity contribution in [3.63, 3.8) is 0 Å². The van der Waals surface area contributed by atoms with Crippen molar-refractivity contribution in [1.82, 2.24) is 120 Å². The monoisotopic (exact) mass is 2110 g/mol. The molecule has 59 nitrogen and oxygen atoms in total. The van der Waals surface area contributed by atoms with E-state index in [-0.39, 0.29) is 288 Å². The molecule has 0 aliphatic carbocycles. The van der Waals surface area contributed by atoms with Gasteiger partial charge in [-0.1, -0.05) is 34.1 Å². The summed E-state index contributed by atoms with van der Waals surface area (Å²) >= 11 is 0. The number of carboxylic acids is 2. The summed E-state index contributed by atoms with van der Waals surface area (Å²) < 4.78 is 0. The lowest BCUT2D eigenvalue weighted by Gasteiger charge is -2.34. The molecule has 0 unspecified atom stereocenters. The predicted molar refractivity (Wildman–Crippen MR) is 548 cm³/mol. The van der Waals surface area contributed by atoms with Crippen LogP contribution in [0.15, 0.2) is 0 Å². The molecular formula is C90H162N40O19. The summed E-state index contributed by atoms with van der Waals surface area (Å²) in [6.07, 6.45) is 0.985. The van der Waals surface area contributed by atoms with E-state index in [9.17, 15) is 58.2 Å². The lowest BCUT2D eigenvalue weighted by molar-refractivity contribution is -0.148. The third-order valence-corrected chi connectivity index (χ3v) is 26.2. The van der Waals surface area contributed by atoms with Gasteiger partial charge in [0, 0.05) is 91.5 Å². The van der Waals surface area contributed by atoms with Crippen LogP contribution in [0.1, 0.15) is 220 Å². The Hall–Kier alpha value is -14.9. The topological polar surface area (TPSA) is 988 Å². The number of carboxylic acid groups (broad SMARTS) is 2. The highest BCUT2D eigenvalue weighted by Crippen LogP contribution is 2.30. The van der Waals surface area contributed by atoms with E-state index < -0.39 is 234 Å². The summed E-state index contributed by atoms with van der Waals surface area (Å²) in [5, 5.41) is 129. The highest BCUT2D eigenvalue weighted by molar-refractivity contribution is 6.02. The summed E-state index contributed by atoms with van der Waals surface area (Å²) in [4.78, 5) is 253.